The molecule has 6 nitrogen and oxygen atoms in total. The molecule has 1 aromatic carbocycles. The van der Waals surface area contributed by atoms with Crippen LogP contribution in [-0.4, -0.2) is 30.9 Å². The molecule has 1 amide bonds. The van der Waals surface area contributed by atoms with Crippen molar-refractivity contribution in [3.05, 3.63) is 66.8 Å². The molecular formula is C20H20FN5OS. The van der Waals surface area contributed by atoms with Crippen molar-refractivity contribution in [3.8, 4) is 11.4 Å². The van der Waals surface area contributed by atoms with Crippen LogP contribution in [0.2, 0.25) is 0 Å². The number of nitrogens with one attached hydrogen (secondary N) is 1. The van der Waals surface area contributed by atoms with Gasteiger partial charge in [0.05, 0.1) is 5.25 Å². The van der Waals surface area contributed by atoms with Gasteiger partial charge in [0.1, 0.15) is 5.82 Å². The van der Waals surface area contributed by atoms with Crippen molar-refractivity contribution in [1.82, 2.24) is 19.7 Å². The Bertz CT molecular complexity index is 990. The first-order chi connectivity index (χ1) is 13.5. The quantitative estimate of drug-likeness (QED) is 0.480. The second kappa shape index (κ2) is 8.79. The highest BCUT2D eigenvalue weighted by Gasteiger charge is 2.20. The molecule has 0 saturated heterocycles. The van der Waals surface area contributed by atoms with Gasteiger partial charge in [0.25, 0.3) is 0 Å². The molecule has 0 spiro atoms. The second-order valence-corrected chi connectivity index (χ2v) is 7.46. The van der Waals surface area contributed by atoms with Crippen LogP contribution in [0.1, 0.15) is 12.5 Å². The number of nitrogens with zero attached hydrogens (tertiary/aromatic N) is 4. The lowest BCUT2D eigenvalue weighted by atomic mass is 10.2. The zero-order chi connectivity index (χ0) is 20.1. The van der Waals surface area contributed by atoms with E-state index in [1.165, 1.54) is 17.8 Å². The third kappa shape index (κ3) is 4.45. The predicted molar refractivity (Wildman–Crippen MR) is 109 cm³/mol. The molecule has 1 atom stereocenters. The second-order valence-electron chi connectivity index (χ2n) is 6.15. The minimum atomic E-state index is -0.456. The number of aromatic nitrogens is 4. The van der Waals surface area contributed by atoms with Gasteiger partial charge in [0.15, 0.2) is 11.0 Å². The maximum Gasteiger partial charge on any atom is 0.237 e. The van der Waals surface area contributed by atoms with Crippen LogP contribution in [-0.2, 0) is 11.3 Å². The topological polar surface area (TPSA) is 72.7 Å². The number of amides is 1. The molecule has 28 heavy (non-hydrogen) atoms. The molecule has 1 N–H and O–H groups in total. The fraction of sp³-hybridized carbons (Fsp3) is 0.200. The van der Waals surface area contributed by atoms with Crippen LogP contribution in [0.25, 0.3) is 11.4 Å². The molecule has 2 heterocycles. The summed E-state index contributed by atoms with van der Waals surface area (Å²) in [5.74, 6) is 0.0794. The molecule has 0 unspecified atom stereocenters. The summed E-state index contributed by atoms with van der Waals surface area (Å²) in [5.41, 5.74) is 1.83. The van der Waals surface area contributed by atoms with Crippen molar-refractivity contribution in [3.63, 3.8) is 0 Å². The zero-order valence-corrected chi connectivity index (χ0v) is 16.4. The van der Waals surface area contributed by atoms with E-state index in [1.54, 1.807) is 44.4 Å². The molecule has 144 valence electrons. The van der Waals surface area contributed by atoms with Crippen molar-refractivity contribution in [2.24, 2.45) is 0 Å². The number of benzene rings is 1. The third-order valence-electron chi connectivity index (χ3n) is 4.06. The number of allylic oxidation sites excluding steroid dienone is 1. The number of carbonyl (C=O) groups is 1. The van der Waals surface area contributed by atoms with Crippen LogP contribution in [0, 0.1) is 12.7 Å². The number of hydrogen-bond donors (Lipinski definition) is 1. The van der Waals surface area contributed by atoms with E-state index in [4.69, 9.17) is 0 Å². The standard InChI is InChI=1S/C20H20FN5OS/c1-4-11-26-18(15-7-9-22-10-8-15)24-25-20(26)28-14(3)19(27)23-16-6-5-13(2)17(21)12-16/h4-10,12,14H,1,11H2,2-3H3,(H,23,27)/t14-/m0/s1. The first-order valence-corrected chi connectivity index (χ1v) is 9.55. The van der Waals surface area contributed by atoms with Crippen LogP contribution in [0.4, 0.5) is 10.1 Å². The number of thioether (sulfide) groups is 1. The summed E-state index contributed by atoms with van der Waals surface area (Å²) in [7, 11) is 0. The molecule has 8 heteroatoms. The Hall–Kier alpha value is -3.00. The molecule has 3 rings (SSSR count). The van der Waals surface area contributed by atoms with Gasteiger partial charge in [-0.25, -0.2) is 4.39 Å². The van der Waals surface area contributed by atoms with Crippen molar-refractivity contribution in [2.75, 3.05) is 5.32 Å². The van der Waals surface area contributed by atoms with Gasteiger partial charge in [-0.3, -0.25) is 14.3 Å². The minimum Gasteiger partial charge on any atom is -0.325 e. The van der Waals surface area contributed by atoms with Gasteiger partial charge in [0, 0.05) is 30.2 Å². The summed E-state index contributed by atoms with van der Waals surface area (Å²) in [4.78, 5) is 16.5. The van der Waals surface area contributed by atoms with E-state index in [0.717, 1.165) is 5.56 Å². The minimum absolute atomic E-state index is 0.244. The van der Waals surface area contributed by atoms with Crippen molar-refractivity contribution < 1.29 is 9.18 Å². The van der Waals surface area contributed by atoms with Crippen LogP contribution in [0.15, 0.2) is 60.5 Å². The van der Waals surface area contributed by atoms with E-state index < -0.39 is 5.25 Å². The highest BCUT2D eigenvalue weighted by atomic mass is 32.2. The number of rotatable bonds is 7. The van der Waals surface area contributed by atoms with Gasteiger partial charge in [-0.1, -0.05) is 23.9 Å². The van der Waals surface area contributed by atoms with Gasteiger partial charge in [-0.15, -0.1) is 16.8 Å². The van der Waals surface area contributed by atoms with Gasteiger partial charge >= 0.3 is 0 Å². The Kier molecular flexibility index (Phi) is 6.20. The number of aryl methyl sites for hydroxylation is 1. The van der Waals surface area contributed by atoms with Crippen LogP contribution in [0.5, 0.6) is 0 Å². The Morgan fingerprint density at radius 3 is 2.75 bits per heavy atom. The number of halogens is 1. The number of carbonyl (C=O) groups excluding carboxylic acids is 1. The summed E-state index contributed by atoms with van der Waals surface area (Å²) in [5, 5.41) is 11.4. The zero-order valence-electron chi connectivity index (χ0n) is 15.6. The molecule has 3 aromatic rings. The Morgan fingerprint density at radius 2 is 2.07 bits per heavy atom. The molecule has 0 aliphatic rings. The summed E-state index contributed by atoms with van der Waals surface area (Å²) in [6.07, 6.45) is 5.12. The normalized spacial score (nSPS) is 11.8. The number of pyridine rings is 1. The summed E-state index contributed by atoms with van der Waals surface area (Å²) in [6, 6.07) is 8.31. The highest BCUT2D eigenvalue weighted by molar-refractivity contribution is 8.00. The average molecular weight is 397 g/mol. The largest absolute Gasteiger partial charge is 0.325 e. The van der Waals surface area contributed by atoms with Crippen LogP contribution < -0.4 is 5.32 Å². The van der Waals surface area contributed by atoms with E-state index >= 15 is 0 Å². The van der Waals surface area contributed by atoms with E-state index in [-0.39, 0.29) is 11.7 Å². The average Bonchev–Trinajstić information content (AvgIpc) is 3.08. The lowest BCUT2D eigenvalue weighted by Gasteiger charge is -2.13. The molecule has 0 aliphatic carbocycles. The number of hydrogen-bond acceptors (Lipinski definition) is 5. The maximum atomic E-state index is 13.7. The monoisotopic (exact) mass is 397 g/mol. The summed E-state index contributed by atoms with van der Waals surface area (Å²) in [6.45, 7) is 7.73. The van der Waals surface area contributed by atoms with Gasteiger partial charge < -0.3 is 5.32 Å². The van der Waals surface area contributed by atoms with Gasteiger partial charge in [-0.2, -0.15) is 0 Å². The third-order valence-corrected chi connectivity index (χ3v) is 5.14. The van der Waals surface area contributed by atoms with Crippen LogP contribution in [0.3, 0.4) is 0 Å². The SMILES string of the molecule is C=CCn1c(S[C@@H](C)C(=O)Nc2ccc(C)c(F)c2)nnc1-c1ccncc1. The van der Waals surface area contributed by atoms with E-state index in [9.17, 15) is 9.18 Å². The Balaban J connectivity index is 1.76. The molecule has 0 saturated carbocycles. The first-order valence-electron chi connectivity index (χ1n) is 8.67. The Morgan fingerprint density at radius 1 is 1.32 bits per heavy atom. The van der Waals surface area contributed by atoms with Gasteiger partial charge in [0.2, 0.25) is 5.91 Å². The fourth-order valence-electron chi connectivity index (χ4n) is 2.51. The van der Waals surface area contributed by atoms with Crippen LogP contribution >= 0.6 is 11.8 Å². The summed E-state index contributed by atoms with van der Waals surface area (Å²) >= 11 is 1.28. The van der Waals surface area contributed by atoms with Crippen molar-refractivity contribution in [2.45, 2.75) is 30.8 Å². The molecule has 0 fully saturated rings. The molecular weight excluding hydrogens is 377 g/mol. The molecule has 0 aliphatic heterocycles. The first kappa shape index (κ1) is 19.8. The Labute approximate surface area is 166 Å². The molecule has 2 aromatic heterocycles. The van der Waals surface area contributed by atoms with Gasteiger partial charge in [-0.05, 0) is 43.7 Å². The smallest absolute Gasteiger partial charge is 0.237 e. The maximum absolute atomic E-state index is 13.7. The predicted octanol–water partition coefficient (Wildman–Crippen LogP) is 4.09. The van der Waals surface area contributed by atoms with Crippen molar-refractivity contribution in [1.29, 1.82) is 0 Å². The van der Waals surface area contributed by atoms with E-state index in [0.29, 0.717) is 28.8 Å². The molecule has 0 radical (unpaired) electrons. The lowest BCUT2D eigenvalue weighted by Crippen LogP contribution is -2.23. The lowest BCUT2D eigenvalue weighted by molar-refractivity contribution is -0.115. The van der Waals surface area contributed by atoms with E-state index in [1.807, 2.05) is 16.7 Å². The summed E-state index contributed by atoms with van der Waals surface area (Å²) < 4.78 is 15.6. The fourth-order valence-corrected chi connectivity index (χ4v) is 3.37. The highest BCUT2D eigenvalue weighted by Crippen LogP contribution is 2.27. The number of anilines is 1. The molecule has 0 bridgehead atoms. The van der Waals surface area contributed by atoms with Crippen molar-refractivity contribution >= 4 is 23.4 Å². The van der Waals surface area contributed by atoms with E-state index in [2.05, 4.69) is 27.1 Å².